The Hall–Kier alpha value is -3.00. The van der Waals surface area contributed by atoms with Gasteiger partial charge in [-0.2, -0.15) is 10.2 Å². The van der Waals surface area contributed by atoms with Gasteiger partial charge in [0.25, 0.3) is 5.91 Å². The summed E-state index contributed by atoms with van der Waals surface area (Å²) in [5.74, 6) is 0.580. The molecular weight excluding hydrogens is 354 g/mol. The number of hydrogen-bond acceptors (Lipinski definition) is 5. The van der Waals surface area contributed by atoms with Gasteiger partial charge in [0, 0.05) is 50.5 Å². The summed E-state index contributed by atoms with van der Waals surface area (Å²) in [6.45, 7) is 4.12. The van der Waals surface area contributed by atoms with Gasteiger partial charge in [-0.25, -0.2) is 4.68 Å². The fraction of sp³-hybridized carbons (Fsp3) is 0.400. The van der Waals surface area contributed by atoms with E-state index in [2.05, 4.69) is 25.4 Å². The number of rotatable bonds is 7. The standard InChI is InChI=1S/C20H25N7O/c28-20(17-4-1-8-21-16-17)24-19-5-10-23-27(19)18-6-14-25(15-7-18)11-3-13-26-12-2-9-22-26/h1-2,4-5,8-10,12,16,18H,3,6-7,11,13-15H2,(H,24,28). The number of amides is 1. The average Bonchev–Trinajstić information content (AvgIpc) is 3.41. The third-order valence-corrected chi connectivity index (χ3v) is 5.16. The number of likely N-dealkylation sites (tertiary alicyclic amines) is 1. The fourth-order valence-electron chi connectivity index (χ4n) is 3.67. The first-order valence-corrected chi connectivity index (χ1v) is 9.74. The summed E-state index contributed by atoms with van der Waals surface area (Å²) in [5.41, 5.74) is 0.544. The van der Waals surface area contributed by atoms with Gasteiger partial charge in [-0.3, -0.25) is 14.5 Å². The van der Waals surface area contributed by atoms with E-state index in [0.717, 1.165) is 51.3 Å². The summed E-state index contributed by atoms with van der Waals surface area (Å²) in [4.78, 5) is 18.9. The van der Waals surface area contributed by atoms with Crippen LogP contribution in [0, 0.1) is 0 Å². The van der Waals surface area contributed by atoms with E-state index in [1.807, 2.05) is 33.9 Å². The molecule has 0 saturated carbocycles. The quantitative estimate of drug-likeness (QED) is 0.682. The molecular formula is C20H25N7O. The highest BCUT2D eigenvalue weighted by molar-refractivity contribution is 6.03. The van der Waals surface area contributed by atoms with Crippen molar-refractivity contribution in [2.45, 2.75) is 31.8 Å². The molecule has 28 heavy (non-hydrogen) atoms. The Morgan fingerprint density at radius 1 is 1.07 bits per heavy atom. The molecule has 1 N–H and O–H groups in total. The van der Waals surface area contributed by atoms with E-state index in [9.17, 15) is 4.79 Å². The molecule has 4 rings (SSSR count). The summed E-state index contributed by atoms with van der Waals surface area (Å²) >= 11 is 0. The molecule has 0 aliphatic carbocycles. The van der Waals surface area contributed by atoms with Gasteiger partial charge in [-0.05, 0) is 44.0 Å². The normalized spacial score (nSPS) is 15.6. The zero-order chi connectivity index (χ0) is 19.2. The Labute approximate surface area is 164 Å². The number of carbonyl (C=O) groups excluding carboxylic acids is 1. The summed E-state index contributed by atoms with van der Waals surface area (Å²) < 4.78 is 3.93. The van der Waals surface area contributed by atoms with Crippen molar-refractivity contribution < 1.29 is 4.79 Å². The van der Waals surface area contributed by atoms with E-state index in [1.165, 1.54) is 0 Å². The van der Waals surface area contributed by atoms with Crippen LogP contribution in [-0.2, 0) is 6.54 Å². The van der Waals surface area contributed by atoms with Crippen LogP contribution < -0.4 is 5.32 Å². The molecule has 8 heteroatoms. The fourth-order valence-corrected chi connectivity index (χ4v) is 3.67. The first-order valence-electron chi connectivity index (χ1n) is 9.74. The zero-order valence-electron chi connectivity index (χ0n) is 15.8. The van der Waals surface area contributed by atoms with Crippen molar-refractivity contribution in [3.8, 4) is 0 Å². The average molecular weight is 379 g/mol. The zero-order valence-corrected chi connectivity index (χ0v) is 15.8. The highest BCUT2D eigenvalue weighted by Gasteiger charge is 2.23. The van der Waals surface area contributed by atoms with E-state index in [1.54, 1.807) is 30.7 Å². The highest BCUT2D eigenvalue weighted by atomic mass is 16.1. The van der Waals surface area contributed by atoms with E-state index < -0.39 is 0 Å². The first kappa shape index (κ1) is 18.4. The lowest BCUT2D eigenvalue weighted by atomic mass is 10.1. The third kappa shape index (κ3) is 4.45. The van der Waals surface area contributed by atoms with Crippen molar-refractivity contribution in [3.05, 3.63) is 60.8 Å². The first-order chi connectivity index (χ1) is 13.8. The second-order valence-electron chi connectivity index (χ2n) is 7.05. The largest absolute Gasteiger partial charge is 0.307 e. The Balaban J connectivity index is 1.28. The SMILES string of the molecule is O=C(Nc1ccnn1C1CCN(CCCn2cccn2)CC1)c1cccnc1. The van der Waals surface area contributed by atoms with E-state index in [0.29, 0.717) is 11.6 Å². The molecule has 8 nitrogen and oxygen atoms in total. The van der Waals surface area contributed by atoms with Crippen LogP contribution in [0.3, 0.4) is 0 Å². The van der Waals surface area contributed by atoms with Crippen LogP contribution in [0.1, 0.15) is 35.7 Å². The molecule has 0 bridgehead atoms. The summed E-state index contributed by atoms with van der Waals surface area (Å²) in [6, 6.07) is 7.63. The maximum atomic E-state index is 12.4. The summed E-state index contributed by atoms with van der Waals surface area (Å²) in [6.07, 6.45) is 11.9. The van der Waals surface area contributed by atoms with Gasteiger partial charge >= 0.3 is 0 Å². The van der Waals surface area contributed by atoms with Gasteiger partial charge in [-0.1, -0.05) is 0 Å². The minimum Gasteiger partial charge on any atom is -0.307 e. The maximum absolute atomic E-state index is 12.4. The number of nitrogens with one attached hydrogen (secondary N) is 1. The smallest absolute Gasteiger partial charge is 0.258 e. The molecule has 0 spiro atoms. The van der Waals surface area contributed by atoms with Crippen LogP contribution in [0.25, 0.3) is 0 Å². The molecule has 1 aliphatic heterocycles. The molecule has 146 valence electrons. The van der Waals surface area contributed by atoms with Gasteiger partial charge in [0.2, 0.25) is 0 Å². The van der Waals surface area contributed by atoms with Gasteiger partial charge in [-0.15, -0.1) is 0 Å². The molecule has 4 heterocycles. The van der Waals surface area contributed by atoms with Crippen LogP contribution >= 0.6 is 0 Å². The Bertz CT molecular complexity index is 867. The molecule has 0 radical (unpaired) electrons. The molecule has 1 fully saturated rings. The minimum atomic E-state index is -0.161. The van der Waals surface area contributed by atoms with Gasteiger partial charge < -0.3 is 10.2 Å². The van der Waals surface area contributed by atoms with Crippen molar-refractivity contribution in [1.82, 2.24) is 29.4 Å². The number of aryl methyl sites for hydroxylation is 1. The van der Waals surface area contributed by atoms with Crippen molar-refractivity contribution >= 4 is 11.7 Å². The van der Waals surface area contributed by atoms with Gasteiger partial charge in [0.1, 0.15) is 5.82 Å². The van der Waals surface area contributed by atoms with E-state index in [4.69, 9.17) is 0 Å². The predicted octanol–water partition coefficient (Wildman–Crippen LogP) is 2.45. The Kier molecular flexibility index (Phi) is 5.77. The second-order valence-corrected chi connectivity index (χ2v) is 7.05. The predicted molar refractivity (Wildman–Crippen MR) is 106 cm³/mol. The second kappa shape index (κ2) is 8.79. The van der Waals surface area contributed by atoms with Crippen molar-refractivity contribution in [1.29, 1.82) is 0 Å². The van der Waals surface area contributed by atoms with E-state index >= 15 is 0 Å². The Morgan fingerprint density at radius 2 is 1.96 bits per heavy atom. The third-order valence-electron chi connectivity index (χ3n) is 5.16. The Morgan fingerprint density at radius 3 is 2.71 bits per heavy atom. The van der Waals surface area contributed by atoms with Gasteiger partial charge in [0.05, 0.1) is 17.8 Å². The molecule has 0 unspecified atom stereocenters. The van der Waals surface area contributed by atoms with E-state index in [-0.39, 0.29) is 5.91 Å². The van der Waals surface area contributed by atoms with Crippen molar-refractivity contribution in [2.75, 3.05) is 25.0 Å². The van der Waals surface area contributed by atoms with Crippen LogP contribution in [0.5, 0.6) is 0 Å². The molecule has 3 aromatic heterocycles. The number of anilines is 1. The van der Waals surface area contributed by atoms with Crippen molar-refractivity contribution in [3.63, 3.8) is 0 Å². The molecule has 0 atom stereocenters. The number of nitrogens with zero attached hydrogens (tertiary/aromatic N) is 6. The van der Waals surface area contributed by atoms with Crippen molar-refractivity contribution in [2.24, 2.45) is 0 Å². The lowest BCUT2D eigenvalue weighted by Crippen LogP contribution is -2.36. The molecule has 1 aliphatic rings. The summed E-state index contributed by atoms with van der Waals surface area (Å²) in [7, 11) is 0. The van der Waals surface area contributed by atoms with Crippen LogP contribution in [0.4, 0.5) is 5.82 Å². The van der Waals surface area contributed by atoms with Crippen LogP contribution in [0.2, 0.25) is 0 Å². The van der Waals surface area contributed by atoms with Crippen LogP contribution in [0.15, 0.2) is 55.2 Å². The highest BCUT2D eigenvalue weighted by Crippen LogP contribution is 2.25. The number of piperidine rings is 1. The topological polar surface area (TPSA) is 80.9 Å². The molecule has 1 amide bonds. The number of carbonyl (C=O) groups is 1. The lowest BCUT2D eigenvalue weighted by molar-refractivity contribution is 0.102. The van der Waals surface area contributed by atoms with Gasteiger partial charge in [0.15, 0.2) is 0 Å². The summed E-state index contributed by atoms with van der Waals surface area (Å²) in [5, 5.41) is 11.7. The lowest BCUT2D eigenvalue weighted by Gasteiger charge is -2.32. The monoisotopic (exact) mass is 379 g/mol. The number of aromatic nitrogens is 5. The number of hydrogen-bond donors (Lipinski definition) is 1. The molecule has 3 aromatic rings. The molecule has 1 saturated heterocycles. The molecule has 0 aromatic carbocycles. The minimum absolute atomic E-state index is 0.161. The van der Waals surface area contributed by atoms with Crippen LogP contribution in [-0.4, -0.2) is 55.0 Å². The maximum Gasteiger partial charge on any atom is 0.258 e. The number of pyridine rings is 1.